The Morgan fingerprint density at radius 2 is 1.88 bits per heavy atom. The summed E-state index contributed by atoms with van der Waals surface area (Å²) in [5, 5.41) is 0. The van der Waals surface area contributed by atoms with Gasteiger partial charge in [0.05, 0.1) is 0 Å². The molecule has 0 bridgehead atoms. The topological polar surface area (TPSA) is 38.5 Å². The highest BCUT2D eigenvalue weighted by molar-refractivity contribution is 5.85. The molecule has 2 heterocycles. The third-order valence-corrected chi connectivity index (χ3v) is 3.93. The van der Waals surface area contributed by atoms with Crippen molar-refractivity contribution in [3.8, 4) is 0 Å². The monoisotopic (exact) mass is 262 g/mol. The molecule has 2 saturated heterocycles. The molecule has 4 heteroatoms. The van der Waals surface area contributed by atoms with Crippen LogP contribution in [0, 0.1) is 5.41 Å². The van der Waals surface area contributed by atoms with Gasteiger partial charge in [-0.1, -0.05) is 0 Å². The molecule has 102 valence electrons. The first-order chi connectivity index (χ1) is 7.49. The van der Waals surface area contributed by atoms with Crippen molar-refractivity contribution in [1.29, 1.82) is 0 Å². The molecule has 0 unspecified atom stereocenters. The van der Waals surface area contributed by atoms with Gasteiger partial charge in [0, 0.05) is 31.8 Å². The Morgan fingerprint density at radius 3 is 2.47 bits per heavy atom. The Hall–Kier alpha value is 0.170. The van der Waals surface area contributed by atoms with E-state index < -0.39 is 0 Å². The van der Waals surface area contributed by atoms with Gasteiger partial charge in [-0.2, -0.15) is 0 Å². The molecule has 0 aliphatic carbocycles. The summed E-state index contributed by atoms with van der Waals surface area (Å²) in [6.07, 6.45) is 5.21. The molecule has 2 fully saturated rings. The second-order valence-electron chi connectivity index (χ2n) is 6.42. The smallest absolute Gasteiger partial charge is 0.0471 e. The minimum Gasteiger partial charge on any atom is -0.381 e. The second-order valence-corrected chi connectivity index (χ2v) is 6.42. The zero-order valence-corrected chi connectivity index (χ0v) is 12.0. The highest BCUT2D eigenvalue weighted by atomic mass is 35.5. The van der Waals surface area contributed by atoms with Crippen LogP contribution in [-0.2, 0) is 4.74 Å². The van der Waals surface area contributed by atoms with Crippen molar-refractivity contribution in [2.75, 3.05) is 32.8 Å². The Labute approximate surface area is 111 Å². The number of hydrogen-bond acceptors (Lipinski definition) is 3. The lowest BCUT2D eigenvalue weighted by atomic mass is 9.73. The van der Waals surface area contributed by atoms with Gasteiger partial charge < -0.3 is 15.4 Å². The quantitative estimate of drug-likeness (QED) is 0.828. The number of rotatable bonds is 2. The summed E-state index contributed by atoms with van der Waals surface area (Å²) in [6, 6.07) is 0. The summed E-state index contributed by atoms with van der Waals surface area (Å²) in [7, 11) is 0. The Kier molecular flexibility index (Phi) is 5.26. The molecular weight excluding hydrogens is 236 g/mol. The van der Waals surface area contributed by atoms with Crippen LogP contribution >= 0.6 is 12.4 Å². The Bertz CT molecular complexity index is 229. The van der Waals surface area contributed by atoms with E-state index in [0.717, 1.165) is 19.8 Å². The molecule has 17 heavy (non-hydrogen) atoms. The van der Waals surface area contributed by atoms with Crippen molar-refractivity contribution in [2.45, 2.75) is 45.1 Å². The van der Waals surface area contributed by atoms with E-state index in [9.17, 15) is 0 Å². The molecular formula is C13H27ClN2O. The molecule has 0 atom stereocenters. The first-order valence-corrected chi connectivity index (χ1v) is 6.58. The van der Waals surface area contributed by atoms with Crippen LogP contribution in [-0.4, -0.2) is 43.3 Å². The van der Waals surface area contributed by atoms with E-state index in [0.29, 0.717) is 5.41 Å². The molecule has 0 aromatic carbocycles. The lowest BCUT2D eigenvalue weighted by Gasteiger charge is -2.46. The number of halogens is 1. The largest absolute Gasteiger partial charge is 0.381 e. The third kappa shape index (κ3) is 4.40. The Morgan fingerprint density at radius 1 is 1.24 bits per heavy atom. The van der Waals surface area contributed by atoms with Crippen LogP contribution in [0.25, 0.3) is 0 Å². The maximum absolute atomic E-state index is 6.12. The summed E-state index contributed by atoms with van der Waals surface area (Å²) in [5.41, 5.74) is 6.60. The van der Waals surface area contributed by atoms with Gasteiger partial charge in [0.1, 0.15) is 0 Å². The third-order valence-electron chi connectivity index (χ3n) is 3.93. The van der Waals surface area contributed by atoms with E-state index in [4.69, 9.17) is 10.5 Å². The van der Waals surface area contributed by atoms with E-state index in [2.05, 4.69) is 18.7 Å². The summed E-state index contributed by atoms with van der Waals surface area (Å²) >= 11 is 0. The Balaban J connectivity index is 0.00000144. The lowest BCUT2D eigenvalue weighted by Crippen LogP contribution is -2.52. The van der Waals surface area contributed by atoms with Crippen molar-refractivity contribution in [3.63, 3.8) is 0 Å². The molecule has 2 aliphatic rings. The molecule has 2 N–H and O–H groups in total. The first-order valence-electron chi connectivity index (χ1n) is 6.58. The maximum Gasteiger partial charge on any atom is 0.0471 e. The van der Waals surface area contributed by atoms with E-state index >= 15 is 0 Å². The molecule has 3 nitrogen and oxygen atoms in total. The predicted molar refractivity (Wildman–Crippen MR) is 73.7 cm³/mol. The van der Waals surface area contributed by atoms with E-state index in [1.54, 1.807) is 0 Å². The molecule has 0 aromatic heterocycles. The number of ether oxygens (including phenoxy) is 1. The predicted octanol–water partition coefficient (Wildman–Crippen LogP) is 2.04. The number of likely N-dealkylation sites (tertiary alicyclic amines) is 1. The van der Waals surface area contributed by atoms with Crippen LogP contribution in [0.3, 0.4) is 0 Å². The van der Waals surface area contributed by atoms with E-state index in [1.807, 2.05) is 0 Å². The van der Waals surface area contributed by atoms with Crippen LogP contribution in [0.1, 0.15) is 39.5 Å². The second kappa shape index (κ2) is 5.87. The van der Waals surface area contributed by atoms with Crippen molar-refractivity contribution in [3.05, 3.63) is 0 Å². The number of nitrogens with zero attached hydrogens (tertiary/aromatic N) is 1. The summed E-state index contributed by atoms with van der Waals surface area (Å²) in [4.78, 5) is 2.56. The van der Waals surface area contributed by atoms with Crippen molar-refractivity contribution in [2.24, 2.45) is 11.1 Å². The normalized spacial score (nSPS) is 25.6. The molecule has 0 saturated carbocycles. The van der Waals surface area contributed by atoms with E-state index in [-0.39, 0.29) is 17.9 Å². The molecule has 0 radical (unpaired) electrons. The fourth-order valence-electron chi connectivity index (χ4n) is 3.23. The molecule has 2 rings (SSSR count). The van der Waals surface area contributed by atoms with Crippen LogP contribution < -0.4 is 5.73 Å². The molecule has 1 spiro atoms. The van der Waals surface area contributed by atoms with Gasteiger partial charge in [-0.05, 0) is 51.5 Å². The zero-order chi connectivity index (χ0) is 11.6. The van der Waals surface area contributed by atoms with Crippen LogP contribution in [0.15, 0.2) is 0 Å². The van der Waals surface area contributed by atoms with Gasteiger partial charge in [0.15, 0.2) is 0 Å². The average molecular weight is 263 g/mol. The van der Waals surface area contributed by atoms with Gasteiger partial charge in [0.25, 0.3) is 0 Å². The number of nitrogens with two attached hydrogens (primary N) is 1. The highest BCUT2D eigenvalue weighted by Crippen LogP contribution is 2.39. The SMILES string of the molecule is CC(C)(N)CN1CCCC2(CCOCC2)C1.Cl. The van der Waals surface area contributed by atoms with Gasteiger partial charge in [-0.15, -0.1) is 12.4 Å². The fraction of sp³-hybridized carbons (Fsp3) is 1.00. The van der Waals surface area contributed by atoms with Gasteiger partial charge >= 0.3 is 0 Å². The van der Waals surface area contributed by atoms with Gasteiger partial charge in [-0.25, -0.2) is 0 Å². The summed E-state index contributed by atoms with van der Waals surface area (Å²) < 4.78 is 5.49. The van der Waals surface area contributed by atoms with Crippen LogP contribution in [0.2, 0.25) is 0 Å². The van der Waals surface area contributed by atoms with Crippen LogP contribution in [0.4, 0.5) is 0 Å². The van der Waals surface area contributed by atoms with Crippen molar-refractivity contribution in [1.82, 2.24) is 4.90 Å². The standard InChI is InChI=1S/C13H26N2O.ClH/c1-12(2,14)10-15-7-3-4-13(11-15)5-8-16-9-6-13;/h3-11,14H2,1-2H3;1H. The fourth-order valence-corrected chi connectivity index (χ4v) is 3.23. The van der Waals surface area contributed by atoms with Gasteiger partial charge in [0.2, 0.25) is 0 Å². The minimum absolute atomic E-state index is 0. The highest BCUT2D eigenvalue weighted by Gasteiger charge is 2.37. The first kappa shape index (κ1) is 15.2. The summed E-state index contributed by atoms with van der Waals surface area (Å²) in [6.45, 7) is 9.64. The molecule has 0 amide bonds. The average Bonchev–Trinajstić information content (AvgIpc) is 2.16. The number of piperidine rings is 1. The van der Waals surface area contributed by atoms with Crippen molar-refractivity contribution >= 4 is 12.4 Å². The lowest BCUT2D eigenvalue weighted by molar-refractivity contribution is -0.0303. The van der Waals surface area contributed by atoms with Crippen molar-refractivity contribution < 1.29 is 4.74 Å². The number of hydrogen-bond donors (Lipinski definition) is 1. The van der Waals surface area contributed by atoms with Gasteiger partial charge in [-0.3, -0.25) is 0 Å². The maximum atomic E-state index is 6.12. The molecule has 2 aliphatic heterocycles. The minimum atomic E-state index is -0.0658. The van der Waals surface area contributed by atoms with E-state index in [1.165, 1.54) is 38.8 Å². The van der Waals surface area contributed by atoms with Crippen LogP contribution in [0.5, 0.6) is 0 Å². The summed E-state index contributed by atoms with van der Waals surface area (Å²) in [5.74, 6) is 0. The zero-order valence-electron chi connectivity index (χ0n) is 11.2. The molecule has 0 aromatic rings.